The van der Waals surface area contributed by atoms with Crippen LogP contribution in [-0.2, 0) is 36.3 Å². The standard InChI is InChI=1S/C24H32N4O3/c1-6-31-15-17-11-16(7-8-20(17)30-5)13-27-10-9-19-18(14-27)23(29)28-22(25-19)12-21(26-28)24(2,3)4/h7-8,11-12,26H,6,9-10,13-15H2,1-5H3. The predicted molar refractivity (Wildman–Crippen MR) is 121 cm³/mol. The highest BCUT2D eigenvalue weighted by molar-refractivity contribution is 5.44. The van der Waals surface area contributed by atoms with E-state index in [-0.39, 0.29) is 11.0 Å². The molecule has 2 aromatic heterocycles. The van der Waals surface area contributed by atoms with Crippen LogP contribution in [0.5, 0.6) is 5.75 Å². The Labute approximate surface area is 183 Å². The fourth-order valence-electron chi connectivity index (χ4n) is 4.07. The van der Waals surface area contributed by atoms with Crippen LogP contribution in [0.4, 0.5) is 0 Å². The summed E-state index contributed by atoms with van der Waals surface area (Å²) in [6.07, 6.45) is 0.777. The minimum atomic E-state index is -0.0692. The van der Waals surface area contributed by atoms with Crippen LogP contribution in [0, 0.1) is 0 Å². The minimum absolute atomic E-state index is 0.00645. The molecular formula is C24H32N4O3. The average Bonchev–Trinajstić information content (AvgIpc) is 3.18. The van der Waals surface area contributed by atoms with Gasteiger partial charge in [-0.1, -0.05) is 26.8 Å². The number of nitrogens with zero attached hydrogens (tertiary/aromatic N) is 3. The smallest absolute Gasteiger partial charge is 0.277 e. The Hall–Kier alpha value is -2.64. The highest BCUT2D eigenvalue weighted by atomic mass is 16.5. The summed E-state index contributed by atoms with van der Waals surface area (Å²) in [5.41, 5.74) is 5.59. The summed E-state index contributed by atoms with van der Waals surface area (Å²) < 4.78 is 12.6. The third-order valence-corrected chi connectivity index (χ3v) is 5.86. The Morgan fingerprint density at radius 1 is 1.23 bits per heavy atom. The molecule has 0 saturated carbocycles. The third-order valence-electron chi connectivity index (χ3n) is 5.86. The molecule has 3 aromatic rings. The Morgan fingerprint density at radius 2 is 2.03 bits per heavy atom. The zero-order chi connectivity index (χ0) is 22.2. The number of ether oxygens (including phenoxy) is 2. The molecule has 166 valence electrons. The molecule has 0 fully saturated rings. The van der Waals surface area contributed by atoms with Gasteiger partial charge >= 0.3 is 0 Å². The Balaban J connectivity index is 1.58. The minimum Gasteiger partial charge on any atom is -0.496 e. The van der Waals surface area contributed by atoms with E-state index in [4.69, 9.17) is 14.5 Å². The lowest BCUT2D eigenvalue weighted by molar-refractivity contribution is 0.132. The Kier molecular flexibility index (Phi) is 5.90. The van der Waals surface area contributed by atoms with E-state index in [1.54, 1.807) is 11.6 Å². The first-order valence-corrected chi connectivity index (χ1v) is 10.9. The van der Waals surface area contributed by atoms with Crippen molar-refractivity contribution < 1.29 is 9.47 Å². The average molecular weight is 425 g/mol. The van der Waals surface area contributed by atoms with Gasteiger partial charge in [-0.15, -0.1) is 0 Å². The van der Waals surface area contributed by atoms with Gasteiger partial charge in [-0.3, -0.25) is 14.8 Å². The van der Waals surface area contributed by atoms with E-state index >= 15 is 0 Å². The van der Waals surface area contributed by atoms with Gasteiger partial charge in [0.25, 0.3) is 5.56 Å². The number of nitrogens with one attached hydrogen (secondary N) is 1. The van der Waals surface area contributed by atoms with Gasteiger partial charge < -0.3 is 9.47 Å². The second-order valence-corrected chi connectivity index (χ2v) is 9.20. The molecule has 0 aliphatic carbocycles. The Morgan fingerprint density at radius 3 is 2.74 bits per heavy atom. The van der Waals surface area contributed by atoms with Crippen molar-refractivity contribution in [2.75, 3.05) is 20.3 Å². The maximum atomic E-state index is 13.2. The van der Waals surface area contributed by atoms with Crippen LogP contribution in [0.25, 0.3) is 5.65 Å². The van der Waals surface area contributed by atoms with Crippen molar-refractivity contribution in [2.24, 2.45) is 0 Å². The summed E-state index contributed by atoms with van der Waals surface area (Å²) >= 11 is 0. The molecule has 0 atom stereocenters. The fourth-order valence-corrected chi connectivity index (χ4v) is 4.07. The molecule has 0 spiro atoms. The van der Waals surface area contributed by atoms with E-state index in [9.17, 15) is 4.79 Å². The SMILES string of the molecule is CCOCc1cc(CN2CCc3nc4cc(C(C)(C)C)[nH]n4c(=O)c3C2)ccc1OC. The lowest BCUT2D eigenvalue weighted by Gasteiger charge is -2.27. The third kappa shape index (κ3) is 4.38. The number of hydrogen-bond acceptors (Lipinski definition) is 5. The molecule has 0 radical (unpaired) electrons. The lowest BCUT2D eigenvalue weighted by atomic mass is 9.93. The van der Waals surface area contributed by atoms with Crippen LogP contribution in [0.2, 0.25) is 0 Å². The largest absolute Gasteiger partial charge is 0.496 e. The van der Waals surface area contributed by atoms with Crippen LogP contribution < -0.4 is 10.3 Å². The monoisotopic (exact) mass is 424 g/mol. The first kappa shape index (κ1) is 21.6. The summed E-state index contributed by atoms with van der Waals surface area (Å²) in [7, 11) is 1.68. The van der Waals surface area contributed by atoms with Gasteiger partial charge in [0.1, 0.15) is 5.75 Å². The molecule has 0 amide bonds. The highest BCUT2D eigenvalue weighted by Gasteiger charge is 2.24. The molecule has 3 heterocycles. The van der Waals surface area contributed by atoms with E-state index in [0.29, 0.717) is 25.4 Å². The molecule has 0 bridgehead atoms. The van der Waals surface area contributed by atoms with Crippen molar-refractivity contribution >= 4 is 5.65 Å². The number of fused-ring (bicyclic) bond motifs is 2. The number of aromatic nitrogens is 3. The van der Waals surface area contributed by atoms with Crippen molar-refractivity contribution in [3.8, 4) is 5.75 Å². The number of rotatable bonds is 6. The molecule has 1 aliphatic rings. The number of hydrogen-bond donors (Lipinski definition) is 1. The van der Waals surface area contributed by atoms with Crippen LogP contribution in [0.3, 0.4) is 0 Å². The molecule has 31 heavy (non-hydrogen) atoms. The molecule has 1 aromatic carbocycles. The molecule has 0 saturated heterocycles. The van der Waals surface area contributed by atoms with Gasteiger partial charge in [-0.05, 0) is 24.6 Å². The van der Waals surface area contributed by atoms with Crippen molar-refractivity contribution in [3.63, 3.8) is 0 Å². The van der Waals surface area contributed by atoms with Crippen LogP contribution in [0.1, 0.15) is 55.8 Å². The van der Waals surface area contributed by atoms with Crippen molar-refractivity contribution in [3.05, 3.63) is 62.7 Å². The Bertz CT molecular complexity index is 1140. The molecule has 4 rings (SSSR count). The van der Waals surface area contributed by atoms with E-state index in [0.717, 1.165) is 47.8 Å². The summed E-state index contributed by atoms with van der Waals surface area (Å²) in [6, 6.07) is 8.21. The van der Waals surface area contributed by atoms with E-state index in [2.05, 4.69) is 42.9 Å². The topological polar surface area (TPSA) is 71.9 Å². The van der Waals surface area contributed by atoms with Gasteiger partial charge in [-0.25, -0.2) is 9.50 Å². The zero-order valence-electron chi connectivity index (χ0n) is 19.1. The highest BCUT2D eigenvalue weighted by Crippen LogP contribution is 2.25. The maximum absolute atomic E-state index is 13.2. The summed E-state index contributed by atoms with van der Waals surface area (Å²) in [5, 5.41) is 3.25. The van der Waals surface area contributed by atoms with Crippen molar-refractivity contribution in [2.45, 2.75) is 59.2 Å². The van der Waals surface area contributed by atoms with Crippen LogP contribution in [0.15, 0.2) is 29.1 Å². The number of aromatic amines is 1. The van der Waals surface area contributed by atoms with Crippen LogP contribution in [-0.4, -0.2) is 39.8 Å². The van der Waals surface area contributed by atoms with Gasteiger partial charge in [0.2, 0.25) is 0 Å². The number of methoxy groups -OCH3 is 1. The van der Waals surface area contributed by atoms with Gasteiger partial charge in [-0.2, -0.15) is 0 Å². The zero-order valence-corrected chi connectivity index (χ0v) is 19.1. The van der Waals surface area contributed by atoms with Gasteiger partial charge in [0.15, 0.2) is 5.65 Å². The molecular weight excluding hydrogens is 392 g/mol. The van der Waals surface area contributed by atoms with Gasteiger partial charge in [0.05, 0.1) is 25.0 Å². The molecule has 0 unspecified atom stereocenters. The second-order valence-electron chi connectivity index (χ2n) is 9.20. The first-order valence-electron chi connectivity index (χ1n) is 10.9. The molecule has 7 nitrogen and oxygen atoms in total. The summed E-state index contributed by atoms with van der Waals surface area (Å²) in [5.74, 6) is 0.840. The maximum Gasteiger partial charge on any atom is 0.277 e. The van der Waals surface area contributed by atoms with Crippen molar-refractivity contribution in [1.29, 1.82) is 0 Å². The lowest BCUT2D eigenvalue weighted by Crippen LogP contribution is -2.36. The molecule has 7 heteroatoms. The van der Waals surface area contributed by atoms with E-state index in [1.165, 1.54) is 5.56 Å². The van der Waals surface area contributed by atoms with E-state index in [1.807, 2.05) is 19.1 Å². The number of H-pyrrole nitrogens is 1. The van der Waals surface area contributed by atoms with Crippen molar-refractivity contribution in [1.82, 2.24) is 19.5 Å². The molecule has 1 N–H and O–H groups in total. The van der Waals surface area contributed by atoms with E-state index < -0.39 is 0 Å². The second kappa shape index (κ2) is 8.48. The predicted octanol–water partition coefficient (Wildman–Crippen LogP) is 3.42. The molecule has 1 aliphatic heterocycles. The quantitative estimate of drug-likeness (QED) is 0.656. The van der Waals surface area contributed by atoms with Gasteiger partial charge in [0, 0.05) is 55.4 Å². The first-order chi connectivity index (χ1) is 14.8. The van der Waals surface area contributed by atoms with Crippen LogP contribution >= 0.6 is 0 Å². The number of benzene rings is 1. The normalized spacial score (nSPS) is 14.7. The fraction of sp³-hybridized carbons (Fsp3) is 0.500. The summed E-state index contributed by atoms with van der Waals surface area (Å²) in [6.45, 7) is 11.8. The summed E-state index contributed by atoms with van der Waals surface area (Å²) in [4.78, 5) is 20.3.